The van der Waals surface area contributed by atoms with Crippen LogP contribution in [0, 0.1) is 6.92 Å². The predicted molar refractivity (Wildman–Crippen MR) is 61.4 cm³/mol. The number of hydrogen-bond acceptors (Lipinski definition) is 6. The summed E-state index contributed by atoms with van der Waals surface area (Å²) in [4.78, 5) is 0. The fourth-order valence-corrected chi connectivity index (χ4v) is 1.54. The van der Waals surface area contributed by atoms with Crippen LogP contribution in [0.25, 0.3) is 11.5 Å². The topological polar surface area (TPSA) is 82.5 Å². The number of aryl methyl sites for hydroxylation is 1. The van der Waals surface area contributed by atoms with Crippen LogP contribution in [0.4, 0.5) is 0 Å². The summed E-state index contributed by atoms with van der Waals surface area (Å²) >= 11 is 0. The summed E-state index contributed by atoms with van der Waals surface area (Å²) in [5.41, 5.74) is 0.893. The van der Waals surface area contributed by atoms with Gasteiger partial charge in [-0.2, -0.15) is 0 Å². The minimum absolute atomic E-state index is 0.374. The van der Waals surface area contributed by atoms with E-state index in [0.717, 1.165) is 5.56 Å². The van der Waals surface area contributed by atoms with E-state index in [9.17, 15) is 0 Å². The van der Waals surface area contributed by atoms with Crippen molar-refractivity contribution in [1.29, 1.82) is 0 Å². The van der Waals surface area contributed by atoms with Crippen LogP contribution in [0.2, 0.25) is 0 Å². The van der Waals surface area contributed by atoms with Crippen LogP contribution in [0.3, 0.4) is 0 Å². The minimum atomic E-state index is 0.374. The smallest absolute Gasteiger partial charge is 0.247 e. The summed E-state index contributed by atoms with van der Waals surface area (Å²) < 4.78 is 7.16. The van der Waals surface area contributed by atoms with Gasteiger partial charge in [-0.3, -0.25) is 0 Å². The van der Waals surface area contributed by atoms with Crippen molar-refractivity contribution in [1.82, 2.24) is 30.4 Å². The molecule has 0 amide bonds. The molecule has 0 bridgehead atoms. The van der Waals surface area contributed by atoms with Crippen molar-refractivity contribution in [3.63, 3.8) is 0 Å². The quantitative estimate of drug-likeness (QED) is 0.683. The van der Waals surface area contributed by atoms with Crippen LogP contribution in [-0.2, 0) is 6.54 Å². The molecule has 7 heteroatoms. The second-order valence-corrected chi connectivity index (χ2v) is 3.75. The first-order valence-electron chi connectivity index (χ1n) is 5.43. The Kier molecular flexibility index (Phi) is 2.56. The third-order valence-electron chi connectivity index (χ3n) is 2.48. The highest BCUT2D eigenvalue weighted by Crippen LogP contribution is 2.17. The zero-order valence-electron chi connectivity index (χ0n) is 9.69. The molecule has 0 aliphatic carbocycles. The third-order valence-corrected chi connectivity index (χ3v) is 2.48. The van der Waals surface area contributed by atoms with Gasteiger partial charge in [-0.25, -0.2) is 4.68 Å². The van der Waals surface area contributed by atoms with E-state index in [1.807, 2.05) is 37.3 Å². The van der Waals surface area contributed by atoms with Gasteiger partial charge in [0, 0.05) is 5.56 Å². The van der Waals surface area contributed by atoms with Gasteiger partial charge in [0.05, 0.1) is 0 Å². The maximum atomic E-state index is 5.56. The predicted octanol–water partition coefficient (Wildman–Crippen LogP) is 1.08. The summed E-state index contributed by atoms with van der Waals surface area (Å²) in [5, 5.41) is 19.1. The molecule has 0 saturated heterocycles. The van der Waals surface area contributed by atoms with Crippen LogP contribution >= 0.6 is 0 Å². The average Bonchev–Trinajstić information content (AvgIpc) is 3.02. The van der Waals surface area contributed by atoms with E-state index < -0.39 is 0 Å². The fourth-order valence-electron chi connectivity index (χ4n) is 1.54. The Morgan fingerprint density at radius 2 is 1.94 bits per heavy atom. The molecule has 0 fully saturated rings. The van der Waals surface area contributed by atoms with Crippen LogP contribution in [-0.4, -0.2) is 30.4 Å². The van der Waals surface area contributed by atoms with E-state index in [0.29, 0.717) is 24.2 Å². The summed E-state index contributed by atoms with van der Waals surface area (Å²) in [7, 11) is 0. The lowest BCUT2D eigenvalue weighted by molar-refractivity contribution is 0.465. The van der Waals surface area contributed by atoms with Gasteiger partial charge in [0.1, 0.15) is 12.4 Å². The van der Waals surface area contributed by atoms with E-state index in [1.54, 1.807) is 4.68 Å². The van der Waals surface area contributed by atoms with Crippen LogP contribution in [0.1, 0.15) is 11.7 Å². The van der Waals surface area contributed by atoms with Crippen molar-refractivity contribution in [3.05, 3.63) is 42.0 Å². The molecule has 0 unspecified atom stereocenters. The Labute approximate surface area is 102 Å². The van der Waals surface area contributed by atoms with Crippen LogP contribution in [0.15, 0.2) is 34.7 Å². The van der Waals surface area contributed by atoms with Crippen molar-refractivity contribution in [2.45, 2.75) is 13.5 Å². The van der Waals surface area contributed by atoms with Crippen LogP contribution in [0.5, 0.6) is 0 Å². The molecule has 3 aromatic rings. The third kappa shape index (κ3) is 1.97. The number of tetrazole rings is 1. The molecule has 2 aromatic heterocycles. The van der Waals surface area contributed by atoms with Gasteiger partial charge in [-0.05, 0) is 29.5 Å². The highest BCUT2D eigenvalue weighted by Gasteiger charge is 2.10. The summed E-state index contributed by atoms with van der Waals surface area (Å²) in [5.74, 6) is 1.68. The summed E-state index contributed by atoms with van der Waals surface area (Å²) in [6.07, 6.45) is 0. The Hall–Kier alpha value is -2.57. The Bertz CT molecular complexity index is 644. The van der Waals surface area contributed by atoms with Gasteiger partial charge in [0.15, 0.2) is 0 Å². The van der Waals surface area contributed by atoms with E-state index in [1.165, 1.54) is 0 Å². The van der Waals surface area contributed by atoms with Gasteiger partial charge in [-0.15, -0.1) is 15.3 Å². The van der Waals surface area contributed by atoms with Crippen molar-refractivity contribution in [2.24, 2.45) is 0 Å². The van der Waals surface area contributed by atoms with Crippen molar-refractivity contribution >= 4 is 0 Å². The van der Waals surface area contributed by atoms with Gasteiger partial charge >= 0.3 is 0 Å². The normalized spacial score (nSPS) is 10.7. The van der Waals surface area contributed by atoms with E-state index in [-0.39, 0.29) is 0 Å². The van der Waals surface area contributed by atoms with E-state index in [4.69, 9.17) is 4.42 Å². The first-order chi connectivity index (χ1) is 8.83. The Morgan fingerprint density at radius 3 is 2.67 bits per heavy atom. The molecule has 18 heavy (non-hydrogen) atoms. The number of rotatable bonds is 3. The Morgan fingerprint density at radius 1 is 1.11 bits per heavy atom. The van der Waals surface area contributed by atoms with Gasteiger partial charge in [0.25, 0.3) is 0 Å². The van der Waals surface area contributed by atoms with Gasteiger partial charge in [0.2, 0.25) is 11.8 Å². The maximum Gasteiger partial charge on any atom is 0.247 e. The lowest BCUT2D eigenvalue weighted by atomic mass is 10.2. The van der Waals surface area contributed by atoms with E-state index in [2.05, 4.69) is 25.7 Å². The molecule has 90 valence electrons. The van der Waals surface area contributed by atoms with Gasteiger partial charge < -0.3 is 4.42 Å². The van der Waals surface area contributed by atoms with Crippen molar-refractivity contribution < 1.29 is 4.42 Å². The largest absolute Gasteiger partial charge is 0.419 e. The second kappa shape index (κ2) is 4.36. The molecule has 0 atom stereocenters. The molecule has 1 aromatic carbocycles. The molecule has 0 aliphatic heterocycles. The molecule has 2 heterocycles. The zero-order valence-corrected chi connectivity index (χ0v) is 9.69. The molecule has 0 N–H and O–H groups in total. The lowest BCUT2D eigenvalue weighted by Gasteiger charge is -1.95. The number of nitrogens with zero attached hydrogens (tertiary/aromatic N) is 6. The SMILES string of the molecule is Cc1nnnn1Cc1nnc(-c2ccccc2)o1. The van der Waals surface area contributed by atoms with Crippen molar-refractivity contribution in [3.8, 4) is 11.5 Å². The molecule has 0 spiro atoms. The molecule has 0 radical (unpaired) electrons. The number of aromatic nitrogens is 6. The maximum absolute atomic E-state index is 5.56. The standard InChI is InChI=1S/C11H10N6O/c1-8-12-15-16-17(8)7-10-13-14-11(18-10)9-5-3-2-4-6-9/h2-6H,7H2,1H3. The van der Waals surface area contributed by atoms with E-state index >= 15 is 0 Å². The highest BCUT2D eigenvalue weighted by molar-refractivity contribution is 5.51. The summed E-state index contributed by atoms with van der Waals surface area (Å²) in [6.45, 7) is 2.19. The highest BCUT2D eigenvalue weighted by atomic mass is 16.4. The molecule has 3 rings (SSSR count). The average molecular weight is 242 g/mol. The van der Waals surface area contributed by atoms with Gasteiger partial charge in [-0.1, -0.05) is 18.2 Å². The lowest BCUT2D eigenvalue weighted by Crippen LogP contribution is -2.04. The number of benzene rings is 1. The molecule has 0 aliphatic rings. The van der Waals surface area contributed by atoms with Crippen molar-refractivity contribution in [2.75, 3.05) is 0 Å². The van der Waals surface area contributed by atoms with Crippen LogP contribution < -0.4 is 0 Å². The summed E-state index contributed by atoms with van der Waals surface area (Å²) in [6, 6.07) is 9.61. The molecular formula is C11H10N6O. The molecule has 7 nitrogen and oxygen atoms in total. The zero-order chi connectivity index (χ0) is 12.4. The first kappa shape index (κ1) is 10.6. The molecular weight excluding hydrogens is 232 g/mol. The number of hydrogen-bond donors (Lipinski definition) is 0. The monoisotopic (exact) mass is 242 g/mol. The first-order valence-corrected chi connectivity index (χ1v) is 5.43. The Balaban J connectivity index is 1.84. The second-order valence-electron chi connectivity index (χ2n) is 3.75. The molecule has 0 saturated carbocycles. The fraction of sp³-hybridized carbons (Fsp3) is 0.182. The minimum Gasteiger partial charge on any atom is -0.419 e.